The van der Waals surface area contributed by atoms with Crippen molar-refractivity contribution in [3.8, 4) is 0 Å². The van der Waals surface area contributed by atoms with Gasteiger partial charge in [-0.05, 0) is 31.5 Å². The molecule has 0 spiro atoms. The first-order chi connectivity index (χ1) is 11.6. The number of benzene rings is 2. The van der Waals surface area contributed by atoms with Crippen LogP contribution in [0.2, 0.25) is 0 Å². The van der Waals surface area contributed by atoms with Gasteiger partial charge in [0, 0.05) is 29.9 Å². The Balaban J connectivity index is 2.05. The first-order valence-corrected chi connectivity index (χ1v) is 8.39. The molecule has 0 saturated carbocycles. The van der Waals surface area contributed by atoms with Crippen molar-refractivity contribution in [2.75, 3.05) is 18.0 Å². The number of allylic oxidation sites excluding steroid dienone is 2. The molecular formula is C20H18ClNO2. The number of carbonyl (C=O) groups excluding carboxylic acids is 2. The Hall–Kier alpha value is -2.39. The van der Waals surface area contributed by atoms with Crippen LogP contribution >= 0.6 is 11.6 Å². The van der Waals surface area contributed by atoms with Crippen molar-refractivity contribution >= 4 is 34.4 Å². The SMILES string of the molecule is CCN(CC)c1ccc(C2=C(Cl)C(=O)c3ccccc3C2=O)cc1. The Kier molecular flexibility index (Phi) is 4.54. The highest BCUT2D eigenvalue weighted by atomic mass is 35.5. The largest absolute Gasteiger partial charge is 0.372 e. The smallest absolute Gasteiger partial charge is 0.205 e. The Morgan fingerprint density at radius 3 is 1.92 bits per heavy atom. The van der Waals surface area contributed by atoms with E-state index in [1.54, 1.807) is 24.3 Å². The van der Waals surface area contributed by atoms with Crippen LogP contribution in [-0.4, -0.2) is 24.7 Å². The Bertz CT molecular complexity index is 833. The maximum absolute atomic E-state index is 12.8. The third kappa shape index (κ3) is 2.65. The van der Waals surface area contributed by atoms with Crippen molar-refractivity contribution in [1.29, 1.82) is 0 Å². The van der Waals surface area contributed by atoms with Crippen LogP contribution in [0.5, 0.6) is 0 Å². The summed E-state index contributed by atoms with van der Waals surface area (Å²) >= 11 is 6.25. The summed E-state index contributed by atoms with van der Waals surface area (Å²) in [5.74, 6) is -0.500. The second kappa shape index (κ2) is 6.62. The van der Waals surface area contributed by atoms with Crippen LogP contribution in [0.4, 0.5) is 5.69 Å². The number of anilines is 1. The lowest BCUT2D eigenvalue weighted by Crippen LogP contribution is -2.22. The Labute approximate surface area is 146 Å². The van der Waals surface area contributed by atoms with Gasteiger partial charge < -0.3 is 4.90 Å². The second-order valence-corrected chi connectivity index (χ2v) is 5.99. The van der Waals surface area contributed by atoms with Gasteiger partial charge in [0.1, 0.15) is 5.03 Å². The highest BCUT2D eigenvalue weighted by molar-refractivity contribution is 6.56. The number of nitrogens with zero attached hydrogens (tertiary/aromatic N) is 1. The lowest BCUT2D eigenvalue weighted by atomic mass is 9.86. The first-order valence-electron chi connectivity index (χ1n) is 8.02. The van der Waals surface area contributed by atoms with Gasteiger partial charge in [-0.3, -0.25) is 9.59 Å². The van der Waals surface area contributed by atoms with Crippen LogP contribution in [0.25, 0.3) is 5.57 Å². The molecule has 0 unspecified atom stereocenters. The summed E-state index contributed by atoms with van der Waals surface area (Å²) in [5.41, 5.74) is 2.82. The van der Waals surface area contributed by atoms with Crippen LogP contribution in [0.3, 0.4) is 0 Å². The topological polar surface area (TPSA) is 37.4 Å². The first kappa shape index (κ1) is 16.5. The summed E-state index contributed by atoms with van der Waals surface area (Å²) in [5, 5.41) is -0.00529. The lowest BCUT2D eigenvalue weighted by Gasteiger charge is -2.22. The molecule has 24 heavy (non-hydrogen) atoms. The quantitative estimate of drug-likeness (QED) is 0.819. The van der Waals surface area contributed by atoms with Gasteiger partial charge in [0.25, 0.3) is 0 Å². The molecule has 122 valence electrons. The summed E-state index contributed by atoms with van der Waals surface area (Å²) in [6.45, 7) is 6.00. The van der Waals surface area contributed by atoms with Crippen molar-refractivity contribution < 1.29 is 9.59 Å². The average molecular weight is 340 g/mol. The standard InChI is InChI=1S/C20H18ClNO2/c1-3-22(4-2)14-11-9-13(10-12-14)17-18(21)20(24)16-8-6-5-7-15(16)19(17)23/h5-12H,3-4H2,1-2H3. The van der Waals surface area contributed by atoms with Crippen LogP contribution in [0, 0.1) is 0 Å². The van der Waals surface area contributed by atoms with Crippen LogP contribution < -0.4 is 4.90 Å². The van der Waals surface area contributed by atoms with Crippen molar-refractivity contribution in [3.63, 3.8) is 0 Å². The fourth-order valence-electron chi connectivity index (χ4n) is 3.03. The van der Waals surface area contributed by atoms with Gasteiger partial charge in [-0.1, -0.05) is 48.0 Å². The average Bonchev–Trinajstić information content (AvgIpc) is 2.62. The number of hydrogen-bond acceptors (Lipinski definition) is 3. The summed E-state index contributed by atoms with van der Waals surface area (Å²) < 4.78 is 0. The molecule has 2 aromatic rings. The van der Waals surface area contributed by atoms with Crippen molar-refractivity contribution in [1.82, 2.24) is 0 Å². The van der Waals surface area contributed by atoms with Gasteiger partial charge in [0.2, 0.25) is 5.78 Å². The molecule has 0 atom stereocenters. The van der Waals surface area contributed by atoms with E-state index in [-0.39, 0.29) is 22.2 Å². The molecule has 0 amide bonds. The highest BCUT2D eigenvalue weighted by Crippen LogP contribution is 2.34. The van der Waals surface area contributed by atoms with E-state index in [2.05, 4.69) is 18.7 Å². The number of hydrogen-bond donors (Lipinski definition) is 0. The lowest BCUT2D eigenvalue weighted by molar-refractivity contribution is 0.0998. The number of halogens is 1. The number of rotatable bonds is 4. The van der Waals surface area contributed by atoms with Gasteiger partial charge in [-0.15, -0.1) is 0 Å². The van der Waals surface area contributed by atoms with Gasteiger partial charge in [0.05, 0.1) is 5.57 Å². The van der Waals surface area contributed by atoms with E-state index in [1.165, 1.54) is 0 Å². The summed E-state index contributed by atoms with van der Waals surface area (Å²) in [4.78, 5) is 27.5. The summed E-state index contributed by atoms with van der Waals surface area (Å²) in [6, 6.07) is 14.4. The normalized spacial score (nSPS) is 14.0. The molecule has 3 nitrogen and oxygen atoms in total. The maximum atomic E-state index is 12.8. The van der Waals surface area contributed by atoms with Crippen molar-refractivity contribution in [3.05, 3.63) is 70.3 Å². The molecule has 0 heterocycles. The van der Waals surface area contributed by atoms with Crippen molar-refractivity contribution in [2.24, 2.45) is 0 Å². The van der Waals surface area contributed by atoms with E-state index in [1.807, 2.05) is 24.3 Å². The number of ketones is 2. The fourth-order valence-corrected chi connectivity index (χ4v) is 3.33. The van der Waals surface area contributed by atoms with Gasteiger partial charge >= 0.3 is 0 Å². The molecule has 0 fully saturated rings. The minimum Gasteiger partial charge on any atom is -0.372 e. The zero-order valence-corrected chi connectivity index (χ0v) is 14.4. The van der Waals surface area contributed by atoms with Crippen molar-refractivity contribution in [2.45, 2.75) is 13.8 Å². The predicted molar refractivity (Wildman–Crippen MR) is 97.9 cm³/mol. The zero-order chi connectivity index (χ0) is 17.3. The van der Waals surface area contributed by atoms with Gasteiger partial charge in [0.15, 0.2) is 5.78 Å². The third-order valence-corrected chi connectivity index (χ3v) is 4.71. The number of carbonyl (C=O) groups is 2. The minimum absolute atomic E-state index is 0.00529. The van der Waals surface area contributed by atoms with E-state index >= 15 is 0 Å². The van der Waals surface area contributed by atoms with E-state index in [9.17, 15) is 9.59 Å². The molecule has 0 aliphatic heterocycles. The molecular weight excluding hydrogens is 322 g/mol. The molecule has 0 N–H and O–H groups in total. The van der Waals surface area contributed by atoms with E-state index in [0.29, 0.717) is 16.7 Å². The third-order valence-electron chi connectivity index (χ3n) is 4.35. The predicted octanol–water partition coefficient (Wildman–Crippen LogP) is 4.56. The highest BCUT2D eigenvalue weighted by Gasteiger charge is 2.31. The monoisotopic (exact) mass is 339 g/mol. The van der Waals surface area contributed by atoms with Gasteiger partial charge in [-0.25, -0.2) is 0 Å². The fraction of sp³-hybridized carbons (Fsp3) is 0.200. The molecule has 0 saturated heterocycles. The summed E-state index contributed by atoms with van der Waals surface area (Å²) in [7, 11) is 0. The van der Waals surface area contributed by atoms with Crippen LogP contribution in [0.15, 0.2) is 53.6 Å². The molecule has 3 rings (SSSR count). The molecule has 1 aliphatic carbocycles. The maximum Gasteiger partial charge on any atom is 0.205 e. The number of Topliss-reactive ketones (excluding diaryl/α,β-unsaturated/α-hetero) is 2. The van der Waals surface area contributed by atoms with E-state index < -0.39 is 0 Å². The molecule has 0 bridgehead atoms. The number of fused-ring (bicyclic) bond motifs is 1. The van der Waals surface area contributed by atoms with E-state index in [0.717, 1.165) is 18.8 Å². The zero-order valence-electron chi connectivity index (χ0n) is 13.7. The minimum atomic E-state index is -0.297. The molecule has 0 radical (unpaired) electrons. The molecule has 4 heteroatoms. The van der Waals surface area contributed by atoms with Gasteiger partial charge in [-0.2, -0.15) is 0 Å². The van der Waals surface area contributed by atoms with Crippen LogP contribution in [0.1, 0.15) is 40.1 Å². The molecule has 0 aromatic heterocycles. The second-order valence-electron chi connectivity index (χ2n) is 5.61. The Morgan fingerprint density at radius 1 is 0.833 bits per heavy atom. The molecule has 2 aromatic carbocycles. The van der Waals surface area contributed by atoms with E-state index in [4.69, 9.17) is 11.6 Å². The Morgan fingerprint density at radius 2 is 1.38 bits per heavy atom. The van der Waals surface area contributed by atoms with Crippen LogP contribution in [-0.2, 0) is 0 Å². The molecule has 1 aliphatic rings. The summed E-state index contributed by atoms with van der Waals surface area (Å²) in [6.07, 6.45) is 0.